The largest absolute Gasteiger partial charge is 0.657 e. The minimum absolute atomic E-state index is 0. The van der Waals surface area contributed by atoms with Crippen molar-refractivity contribution in [3.8, 4) is 45.0 Å². The zero-order valence-corrected chi connectivity index (χ0v) is 26.1. The van der Waals surface area contributed by atoms with Crippen LogP contribution in [0.25, 0.3) is 50.3 Å². The van der Waals surface area contributed by atoms with Crippen molar-refractivity contribution in [1.29, 1.82) is 0 Å². The molecule has 0 saturated carbocycles. The van der Waals surface area contributed by atoms with Crippen molar-refractivity contribution < 1.29 is 21.1 Å². The number of pyridine rings is 3. The van der Waals surface area contributed by atoms with E-state index in [9.17, 15) is 0 Å². The molecule has 0 N–H and O–H groups in total. The monoisotopic (exact) mass is 726 g/mol. The predicted molar refractivity (Wildman–Crippen MR) is 169 cm³/mol. The minimum atomic E-state index is 0. The molecule has 0 radical (unpaired) electrons. The number of benzene rings is 3. The summed E-state index contributed by atoms with van der Waals surface area (Å²) in [5.41, 5.74) is 10.5. The SMILES string of the molecule is CC(C)(C)c1ccnc(-c2ccccc2[N-]c2ccccc2-c2cc(-c3ccccc3)cc(-c3ccccn3)n2)c1.[Pt]. The van der Waals surface area contributed by atoms with Gasteiger partial charge in [-0.15, -0.1) is 11.4 Å². The second-order valence-corrected chi connectivity index (χ2v) is 11.0. The van der Waals surface area contributed by atoms with E-state index >= 15 is 0 Å². The standard InChI is InChI=1S/C37H31N4.Pt/c1-37(2,3)28-20-22-39-34(25-28)29-15-7-9-17-31(29)40-32-18-10-8-16-30(32)35-23-27(26-13-5-4-6-14-26)24-36(41-35)33-19-11-12-21-38-33;/h4-25H,1-3H3;/q-1;. The Labute approximate surface area is 262 Å². The van der Waals surface area contributed by atoms with Crippen molar-refractivity contribution in [3.05, 3.63) is 145 Å². The smallest absolute Gasteiger partial charge is 0.0899 e. The van der Waals surface area contributed by atoms with Crippen LogP contribution in [0.1, 0.15) is 26.3 Å². The van der Waals surface area contributed by atoms with Gasteiger partial charge in [0.1, 0.15) is 0 Å². The molecule has 6 aromatic rings. The quantitative estimate of drug-likeness (QED) is 0.172. The number of hydrogen-bond acceptors (Lipinski definition) is 3. The molecule has 3 aromatic heterocycles. The number of hydrogen-bond donors (Lipinski definition) is 0. The van der Waals surface area contributed by atoms with Crippen LogP contribution in [0.3, 0.4) is 0 Å². The molecule has 5 heteroatoms. The van der Waals surface area contributed by atoms with E-state index in [0.717, 1.165) is 56.4 Å². The average Bonchev–Trinajstić information content (AvgIpc) is 3.02. The second-order valence-electron chi connectivity index (χ2n) is 11.0. The normalized spacial score (nSPS) is 11.0. The molecule has 3 heterocycles. The van der Waals surface area contributed by atoms with E-state index in [1.54, 1.807) is 6.20 Å². The van der Waals surface area contributed by atoms with E-state index in [4.69, 9.17) is 15.3 Å². The van der Waals surface area contributed by atoms with E-state index in [0.29, 0.717) is 0 Å². The van der Waals surface area contributed by atoms with Crippen LogP contribution in [-0.2, 0) is 26.5 Å². The predicted octanol–water partition coefficient (Wildman–Crippen LogP) is 10.2. The Balaban J connectivity index is 0.00000353. The molecule has 4 nitrogen and oxygen atoms in total. The molecular formula is C37H31N4Pt-. The topological polar surface area (TPSA) is 52.8 Å². The third kappa shape index (κ3) is 6.40. The summed E-state index contributed by atoms with van der Waals surface area (Å²) in [6, 6.07) is 41.1. The van der Waals surface area contributed by atoms with Crippen molar-refractivity contribution in [2.45, 2.75) is 26.2 Å². The minimum Gasteiger partial charge on any atom is -0.657 e. The van der Waals surface area contributed by atoms with E-state index < -0.39 is 0 Å². The first-order valence-electron chi connectivity index (χ1n) is 13.8. The second kappa shape index (κ2) is 12.6. The Kier molecular flexibility index (Phi) is 8.75. The molecular weight excluding hydrogens is 696 g/mol. The number of para-hydroxylation sites is 2. The molecule has 42 heavy (non-hydrogen) atoms. The third-order valence-electron chi connectivity index (χ3n) is 7.09. The van der Waals surface area contributed by atoms with E-state index in [1.165, 1.54) is 5.56 Å². The van der Waals surface area contributed by atoms with Gasteiger partial charge < -0.3 is 5.32 Å². The fourth-order valence-corrected chi connectivity index (χ4v) is 4.86. The van der Waals surface area contributed by atoms with Gasteiger partial charge in [0.25, 0.3) is 0 Å². The molecule has 0 saturated heterocycles. The molecule has 210 valence electrons. The number of aromatic nitrogens is 3. The van der Waals surface area contributed by atoms with Crippen LogP contribution >= 0.6 is 0 Å². The Morgan fingerprint density at radius 1 is 0.500 bits per heavy atom. The summed E-state index contributed by atoms with van der Waals surface area (Å²) in [5.74, 6) is 0. The first-order chi connectivity index (χ1) is 20.0. The van der Waals surface area contributed by atoms with E-state index in [1.807, 2.05) is 66.9 Å². The Hall–Kier alpha value is -4.40. The van der Waals surface area contributed by atoms with Gasteiger partial charge in [-0.2, -0.15) is 0 Å². The van der Waals surface area contributed by atoms with Gasteiger partial charge in [-0.05, 0) is 69.6 Å². The summed E-state index contributed by atoms with van der Waals surface area (Å²) in [6.07, 6.45) is 3.69. The molecule has 0 aliphatic carbocycles. The van der Waals surface area contributed by atoms with Gasteiger partial charge in [0.15, 0.2) is 0 Å². The maximum Gasteiger partial charge on any atom is 0.0899 e. The van der Waals surface area contributed by atoms with Gasteiger partial charge in [-0.25, -0.2) is 4.98 Å². The summed E-state index contributed by atoms with van der Waals surface area (Å²) < 4.78 is 0. The van der Waals surface area contributed by atoms with Crippen LogP contribution < -0.4 is 0 Å². The number of rotatable bonds is 6. The molecule has 0 aliphatic rings. The molecule has 0 atom stereocenters. The van der Waals surface area contributed by atoms with E-state index in [2.05, 4.69) is 86.4 Å². The van der Waals surface area contributed by atoms with Crippen LogP contribution in [0.5, 0.6) is 0 Å². The van der Waals surface area contributed by atoms with Crippen LogP contribution in [0, 0.1) is 0 Å². The maximum absolute atomic E-state index is 5.19. The van der Waals surface area contributed by atoms with Crippen LogP contribution in [0.2, 0.25) is 0 Å². The Bertz CT molecular complexity index is 1740. The third-order valence-corrected chi connectivity index (χ3v) is 7.09. The summed E-state index contributed by atoms with van der Waals surface area (Å²) in [6.45, 7) is 6.65. The molecule has 0 bridgehead atoms. The fourth-order valence-electron chi connectivity index (χ4n) is 4.86. The summed E-state index contributed by atoms with van der Waals surface area (Å²) >= 11 is 0. The van der Waals surface area contributed by atoms with Crippen LogP contribution in [0.15, 0.2) is 134 Å². The summed E-state index contributed by atoms with van der Waals surface area (Å²) in [5, 5.41) is 5.19. The van der Waals surface area contributed by atoms with Gasteiger partial charge in [0.2, 0.25) is 0 Å². The molecule has 3 aromatic carbocycles. The summed E-state index contributed by atoms with van der Waals surface area (Å²) in [4.78, 5) is 14.4. The molecule has 0 fully saturated rings. The maximum atomic E-state index is 5.19. The van der Waals surface area contributed by atoms with Crippen molar-refractivity contribution in [3.63, 3.8) is 0 Å². The van der Waals surface area contributed by atoms with Crippen molar-refractivity contribution >= 4 is 11.4 Å². The zero-order chi connectivity index (χ0) is 28.2. The van der Waals surface area contributed by atoms with Crippen LogP contribution in [0.4, 0.5) is 11.4 Å². The molecule has 0 amide bonds. The van der Waals surface area contributed by atoms with Crippen LogP contribution in [-0.4, -0.2) is 15.0 Å². The van der Waals surface area contributed by atoms with Gasteiger partial charge in [0.05, 0.1) is 22.8 Å². The van der Waals surface area contributed by atoms with Crippen molar-refractivity contribution in [2.75, 3.05) is 0 Å². The van der Waals surface area contributed by atoms with Crippen molar-refractivity contribution in [2.24, 2.45) is 0 Å². The van der Waals surface area contributed by atoms with Crippen molar-refractivity contribution in [1.82, 2.24) is 15.0 Å². The molecule has 0 unspecified atom stereocenters. The molecule has 0 aliphatic heterocycles. The Morgan fingerprint density at radius 2 is 1.10 bits per heavy atom. The van der Waals surface area contributed by atoms with Gasteiger partial charge in [-0.3, -0.25) is 9.97 Å². The first kappa shape index (κ1) is 29.1. The van der Waals surface area contributed by atoms with E-state index in [-0.39, 0.29) is 26.5 Å². The van der Waals surface area contributed by atoms with Gasteiger partial charge in [0, 0.05) is 33.5 Å². The fraction of sp³-hybridized carbons (Fsp3) is 0.108. The first-order valence-corrected chi connectivity index (χ1v) is 13.8. The summed E-state index contributed by atoms with van der Waals surface area (Å²) in [7, 11) is 0. The van der Waals surface area contributed by atoms with Gasteiger partial charge in [-0.1, -0.05) is 106 Å². The average molecular weight is 727 g/mol. The molecule has 0 spiro atoms. The zero-order valence-electron chi connectivity index (χ0n) is 23.8. The number of nitrogens with zero attached hydrogens (tertiary/aromatic N) is 4. The molecule has 6 rings (SSSR count). The Morgan fingerprint density at radius 3 is 1.76 bits per heavy atom. The van der Waals surface area contributed by atoms with Gasteiger partial charge >= 0.3 is 0 Å².